The number of rotatable bonds is 2. The van der Waals surface area contributed by atoms with E-state index in [2.05, 4.69) is 4.90 Å². The molecular weight excluding hydrogens is 236 g/mol. The van der Waals surface area contributed by atoms with Crippen LogP contribution in [-0.2, 0) is 12.8 Å². The van der Waals surface area contributed by atoms with E-state index in [4.69, 9.17) is 15.7 Å². The van der Waals surface area contributed by atoms with Crippen molar-refractivity contribution in [2.75, 3.05) is 18.0 Å². The van der Waals surface area contributed by atoms with Crippen molar-refractivity contribution in [3.05, 3.63) is 17.1 Å². The molecular formula is C15H22N4. The number of hydrogen-bond donors (Lipinski definition) is 1. The summed E-state index contributed by atoms with van der Waals surface area (Å²) in [7, 11) is 0. The van der Waals surface area contributed by atoms with Gasteiger partial charge in [0.25, 0.3) is 0 Å². The minimum absolute atomic E-state index is 0.318. The first-order chi connectivity index (χ1) is 9.31. The lowest BCUT2D eigenvalue weighted by molar-refractivity contribution is 0.649. The minimum Gasteiger partial charge on any atom is -0.355 e. The molecule has 1 saturated heterocycles. The molecule has 19 heavy (non-hydrogen) atoms. The summed E-state index contributed by atoms with van der Waals surface area (Å²) in [6.07, 6.45) is 8.51. The average Bonchev–Trinajstić information content (AvgIpc) is 3.20. The molecule has 1 aromatic rings. The molecule has 0 spiro atoms. The largest absolute Gasteiger partial charge is 0.355 e. The highest BCUT2D eigenvalue weighted by atomic mass is 15.2. The van der Waals surface area contributed by atoms with Crippen molar-refractivity contribution in [2.24, 2.45) is 5.73 Å². The van der Waals surface area contributed by atoms with E-state index < -0.39 is 0 Å². The van der Waals surface area contributed by atoms with Gasteiger partial charge in [0, 0.05) is 36.3 Å². The summed E-state index contributed by atoms with van der Waals surface area (Å²) in [4.78, 5) is 12.2. The highest BCUT2D eigenvalue weighted by Crippen LogP contribution is 2.40. The Hall–Kier alpha value is -1.16. The van der Waals surface area contributed by atoms with Crippen molar-refractivity contribution in [1.82, 2.24) is 9.97 Å². The van der Waals surface area contributed by atoms with E-state index in [1.165, 1.54) is 42.8 Å². The van der Waals surface area contributed by atoms with Crippen LogP contribution in [0.4, 0.5) is 5.82 Å². The molecule has 2 heterocycles. The fourth-order valence-corrected chi connectivity index (χ4v) is 3.36. The third-order valence-electron chi connectivity index (χ3n) is 4.65. The van der Waals surface area contributed by atoms with Gasteiger partial charge in [-0.2, -0.15) is 0 Å². The summed E-state index contributed by atoms with van der Waals surface area (Å²) in [6, 6.07) is 0.318. The molecule has 4 nitrogen and oxygen atoms in total. The molecule has 0 unspecified atom stereocenters. The maximum absolute atomic E-state index is 6.06. The van der Waals surface area contributed by atoms with Gasteiger partial charge in [-0.3, -0.25) is 0 Å². The van der Waals surface area contributed by atoms with E-state index >= 15 is 0 Å². The van der Waals surface area contributed by atoms with Crippen molar-refractivity contribution in [3.63, 3.8) is 0 Å². The monoisotopic (exact) mass is 258 g/mol. The molecule has 0 aromatic carbocycles. The Labute approximate surface area is 114 Å². The Balaban J connectivity index is 1.76. The zero-order chi connectivity index (χ0) is 12.8. The number of nitrogens with zero attached hydrogens (tertiary/aromatic N) is 3. The first-order valence-electron chi connectivity index (χ1n) is 7.71. The van der Waals surface area contributed by atoms with E-state index in [1.807, 2.05) is 0 Å². The van der Waals surface area contributed by atoms with Gasteiger partial charge in [0.15, 0.2) is 0 Å². The normalized spacial score (nSPS) is 26.6. The van der Waals surface area contributed by atoms with Gasteiger partial charge >= 0.3 is 0 Å². The first kappa shape index (κ1) is 11.6. The fraction of sp³-hybridized carbons (Fsp3) is 0.733. The molecule has 1 atom stereocenters. The van der Waals surface area contributed by atoms with Gasteiger partial charge in [-0.05, 0) is 44.9 Å². The summed E-state index contributed by atoms with van der Waals surface area (Å²) in [5.74, 6) is 2.97. The van der Waals surface area contributed by atoms with Crippen LogP contribution in [0, 0.1) is 0 Å². The van der Waals surface area contributed by atoms with Crippen molar-refractivity contribution < 1.29 is 0 Å². The van der Waals surface area contributed by atoms with Crippen LogP contribution in [0.25, 0.3) is 0 Å². The lowest BCUT2D eigenvalue weighted by Gasteiger charge is -2.25. The number of fused-ring (bicyclic) bond motifs is 1. The zero-order valence-corrected chi connectivity index (χ0v) is 11.4. The molecule has 1 saturated carbocycles. The van der Waals surface area contributed by atoms with Crippen molar-refractivity contribution in [1.29, 1.82) is 0 Å². The SMILES string of the molecule is N[C@@H]1CCN(c2nc(C3CC3)nc3c2CCCC3)C1. The van der Waals surface area contributed by atoms with Crippen LogP contribution in [0.15, 0.2) is 0 Å². The second-order valence-electron chi connectivity index (χ2n) is 6.31. The van der Waals surface area contributed by atoms with Gasteiger partial charge in [-0.25, -0.2) is 9.97 Å². The topological polar surface area (TPSA) is 55.0 Å². The van der Waals surface area contributed by atoms with E-state index in [0.29, 0.717) is 12.0 Å². The van der Waals surface area contributed by atoms with E-state index in [1.54, 1.807) is 0 Å². The van der Waals surface area contributed by atoms with Crippen LogP contribution in [0.1, 0.15) is 55.1 Å². The minimum atomic E-state index is 0.318. The van der Waals surface area contributed by atoms with Crippen molar-refractivity contribution in [2.45, 2.75) is 56.9 Å². The van der Waals surface area contributed by atoms with Crippen LogP contribution in [-0.4, -0.2) is 29.1 Å². The summed E-state index contributed by atoms with van der Waals surface area (Å²) >= 11 is 0. The Morgan fingerprint density at radius 2 is 1.89 bits per heavy atom. The maximum atomic E-state index is 6.06. The highest BCUT2D eigenvalue weighted by molar-refractivity contribution is 5.51. The second-order valence-corrected chi connectivity index (χ2v) is 6.31. The fourth-order valence-electron chi connectivity index (χ4n) is 3.36. The predicted molar refractivity (Wildman–Crippen MR) is 75.5 cm³/mol. The van der Waals surface area contributed by atoms with E-state index in [0.717, 1.165) is 38.2 Å². The molecule has 1 aromatic heterocycles. The molecule has 2 fully saturated rings. The second kappa shape index (κ2) is 4.44. The highest BCUT2D eigenvalue weighted by Gasteiger charge is 2.31. The zero-order valence-electron chi connectivity index (χ0n) is 11.4. The van der Waals surface area contributed by atoms with Gasteiger partial charge in [0.2, 0.25) is 0 Å². The summed E-state index contributed by atoms with van der Waals surface area (Å²) in [5, 5.41) is 0. The van der Waals surface area contributed by atoms with Gasteiger partial charge in [-0.1, -0.05) is 0 Å². The Kier molecular flexibility index (Phi) is 2.72. The standard InChI is InChI=1S/C15H22N4/c16-11-7-8-19(9-11)15-12-3-1-2-4-13(12)17-14(18-15)10-5-6-10/h10-11H,1-9,16H2/t11-/m1/s1. The van der Waals surface area contributed by atoms with Crippen LogP contribution in [0.3, 0.4) is 0 Å². The third kappa shape index (κ3) is 2.12. The Morgan fingerprint density at radius 1 is 1.05 bits per heavy atom. The molecule has 2 N–H and O–H groups in total. The van der Waals surface area contributed by atoms with Crippen LogP contribution in [0.2, 0.25) is 0 Å². The number of anilines is 1. The van der Waals surface area contributed by atoms with Crippen LogP contribution < -0.4 is 10.6 Å². The van der Waals surface area contributed by atoms with Gasteiger partial charge in [0.1, 0.15) is 11.6 Å². The number of nitrogens with two attached hydrogens (primary N) is 1. The molecule has 0 amide bonds. The number of aryl methyl sites for hydroxylation is 1. The van der Waals surface area contributed by atoms with E-state index in [-0.39, 0.29) is 0 Å². The Bertz CT molecular complexity index is 495. The summed E-state index contributed by atoms with van der Waals surface area (Å²) < 4.78 is 0. The lowest BCUT2D eigenvalue weighted by Crippen LogP contribution is -2.29. The van der Waals surface area contributed by atoms with Gasteiger partial charge in [0.05, 0.1) is 0 Å². The molecule has 3 aliphatic rings. The molecule has 4 rings (SSSR count). The molecule has 0 bridgehead atoms. The Morgan fingerprint density at radius 3 is 2.63 bits per heavy atom. The maximum Gasteiger partial charge on any atom is 0.135 e. The summed E-state index contributed by atoms with van der Waals surface area (Å²) in [5.41, 5.74) is 8.82. The molecule has 1 aliphatic heterocycles. The number of aromatic nitrogens is 2. The van der Waals surface area contributed by atoms with E-state index in [9.17, 15) is 0 Å². The third-order valence-corrected chi connectivity index (χ3v) is 4.65. The molecule has 2 aliphatic carbocycles. The van der Waals surface area contributed by atoms with Crippen molar-refractivity contribution >= 4 is 5.82 Å². The van der Waals surface area contributed by atoms with Crippen LogP contribution in [0.5, 0.6) is 0 Å². The molecule has 102 valence electrons. The predicted octanol–water partition coefficient (Wildman–Crippen LogP) is 1.77. The van der Waals surface area contributed by atoms with Gasteiger partial charge in [-0.15, -0.1) is 0 Å². The lowest BCUT2D eigenvalue weighted by atomic mass is 9.96. The van der Waals surface area contributed by atoms with Gasteiger partial charge < -0.3 is 10.6 Å². The van der Waals surface area contributed by atoms with Crippen molar-refractivity contribution in [3.8, 4) is 0 Å². The molecule has 0 radical (unpaired) electrons. The number of hydrogen-bond acceptors (Lipinski definition) is 4. The smallest absolute Gasteiger partial charge is 0.135 e. The quantitative estimate of drug-likeness (QED) is 0.878. The van der Waals surface area contributed by atoms with Crippen LogP contribution >= 0.6 is 0 Å². The summed E-state index contributed by atoms with van der Waals surface area (Å²) in [6.45, 7) is 2.03. The molecule has 4 heteroatoms. The first-order valence-corrected chi connectivity index (χ1v) is 7.71. The average molecular weight is 258 g/mol.